The molecule has 5 nitrogen and oxygen atoms in total. The van der Waals surface area contributed by atoms with E-state index in [1.807, 2.05) is 31.3 Å². The zero-order valence-electron chi connectivity index (χ0n) is 10.7. The Balaban J connectivity index is 1.74. The third-order valence-electron chi connectivity index (χ3n) is 2.89. The maximum Gasteiger partial charge on any atom is 0.209 e. The molecule has 19 heavy (non-hydrogen) atoms. The molecule has 1 aromatic carbocycles. The van der Waals surface area contributed by atoms with Gasteiger partial charge >= 0.3 is 0 Å². The van der Waals surface area contributed by atoms with E-state index < -0.39 is 0 Å². The lowest BCUT2D eigenvalue weighted by molar-refractivity contribution is 0.284. The van der Waals surface area contributed by atoms with Crippen molar-refractivity contribution in [3.8, 4) is 0 Å². The summed E-state index contributed by atoms with van der Waals surface area (Å²) in [5, 5.41) is 0. The Hall–Kier alpha value is -2.27. The Bertz CT molecular complexity index is 673. The van der Waals surface area contributed by atoms with E-state index in [-0.39, 0.29) is 0 Å². The highest BCUT2D eigenvalue weighted by molar-refractivity contribution is 5.76. The summed E-state index contributed by atoms with van der Waals surface area (Å²) in [6.45, 7) is 1.43. The van der Waals surface area contributed by atoms with Crippen LogP contribution in [0.2, 0.25) is 0 Å². The molecule has 0 aliphatic carbocycles. The number of aromatic nitrogens is 1. The summed E-state index contributed by atoms with van der Waals surface area (Å²) in [7, 11) is 2.01. The Morgan fingerprint density at radius 1 is 1.26 bits per heavy atom. The maximum atomic E-state index is 5.72. The van der Waals surface area contributed by atoms with Crippen LogP contribution >= 0.6 is 0 Å². The molecule has 3 rings (SSSR count). The molecule has 0 fully saturated rings. The average molecular weight is 257 g/mol. The van der Waals surface area contributed by atoms with E-state index in [4.69, 9.17) is 14.6 Å². The van der Waals surface area contributed by atoms with Gasteiger partial charge in [-0.1, -0.05) is 0 Å². The second-order valence-corrected chi connectivity index (χ2v) is 4.64. The Morgan fingerprint density at radius 2 is 2.16 bits per heavy atom. The molecule has 2 heterocycles. The molecule has 0 radical (unpaired) electrons. The second kappa shape index (κ2) is 4.78. The molecule has 0 aliphatic rings. The van der Waals surface area contributed by atoms with Crippen LogP contribution in [-0.4, -0.2) is 16.9 Å². The maximum absolute atomic E-state index is 5.72. The molecule has 3 aromatic rings. The molecule has 2 N–H and O–H groups in total. The van der Waals surface area contributed by atoms with Crippen molar-refractivity contribution in [2.45, 2.75) is 13.1 Å². The topological polar surface area (TPSA) is 68.4 Å². The van der Waals surface area contributed by atoms with E-state index in [1.54, 1.807) is 12.5 Å². The number of hydrogen-bond donors (Lipinski definition) is 1. The SMILES string of the molecule is CN(Cc1ccoc1)Cc1nc2cc(N)ccc2o1. The predicted octanol–water partition coefficient (Wildman–Crippen LogP) is 2.63. The number of anilines is 1. The first-order chi connectivity index (χ1) is 9.20. The van der Waals surface area contributed by atoms with Gasteiger partial charge < -0.3 is 14.6 Å². The van der Waals surface area contributed by atoms with Gasteiger partial charge in [0, 0.05) is 17.8 Å². The number of benzene rings is 1. The quantitative estimate of drug-likeness (QED) is 0.728. The number of hydrogen-bond acceptors (Lipinski definition) is 5. The molecular weight excluding hydrogens is 242 g/mol. The summed E-state index contributed by atoms with van der Waals surface area (Å²) >= 11 is 0. The first-order valence-corrected chi connectivity index (χ1v) is 6.05. The van der Waals surface area contributed by atoms with Gasteiger partial charge in [-0.2, -0.15) is 0 Å². The van der Waals surface area contributed by atoms with Crippen molar-refractivity contribution in [2.75, 3.05) is 12.8 Å². The molecule has 98 valence electrons. The molecule has 0 saturated carbocycles. The van der Waals surface area contributed by atoms with E-state index in [2.05, 4.69) is 9.88 Å². The van der Waals surface area contributed by atoms with Gasteiger partial charge in [0.1, 0.15) is 5.52 Å². The zero-order valence-corrected chi connectivity index (χ0v) is 10.7. The van der Waals surface area contributed by atoms with Gasteiger partial charge in [0.05, 0.1) is 19.1 Å². The number of fused-ring (bicyclic) bond motifs is 1. The van der Waals surface area contributed by atoms with Gasteiger partial charge in [-0.25, -0.2) is 4.98 Å². The molecule has 5 heteroatoms. The molecule has 0 aliphatic heterocycles. The number of nitrogens with zero attached hydrogens (tertiary/aromatic N) is 2. The molecule has 0 amide bonds. The van der Waals surface area contributed by atoms with Crippen LogP contribution in [0, 0.1) is 0 Å². The van der Waals surface area contributed by atoms with Crippen LogP contribution in [0.4, 0.5) is 5.69 Å². The Morgan fingerprint density at radius 3 is 2.95 bits per heavy atom. The normalized spacial score (nSPS) is 11.5. The minimum atomic E-state index is 0.639. The first kappa shape index (κ1) is 11.8. The van der Waals surface area contributed by atoms with E-state index in [1.165, 1.54) is 0 Å². The van der Waals surface area contributed by atoms with Crippen molar-refractivity contribution in [3.63, 3.8) is 0 Å². The summed E-state index contributed by atoms with van der Waals surface area (Å²) < 4.78 is 10.7. The van der Waals surface area contributed by atoms with Crippen molar-refractivity contribution >= 4 is 16.8 Å². The highest BCUT2D eigenvalue weighted by Gasteiger charge is 2.09. The van der Waals surface area contributed by atoms with Crippen molar-refractivity contribution < 1.29 is 8.83 Å². The lowest BCUT2D eigenvalue weighted by atomic mass is 10.3. The molecule has 2 aromatic heterocycles. The third-order valence-corrected chi connectivity index (χ3v) is 2.89. The van der Waals surface area contributed by atoms with Crippen LogP contribution in [0.25, 0.3) is 11.1 Å². The van der Waals surface area contributed by atoms with E-state index >= 15 is 0 Å². The van der Waals surface area contributed by atoms with Crippen molar-refractivity contribution in [2.24, 2.45) is 0 Å². The summed E-state index contributed by atoms with van der Waals surface area (Å²) in [5.74, 6) is 0.687. The largest absolute Gasteiger partial charge is 0.472 e. The molecule has 0 unspecified atom stereocenters. The van der Waals surface area contributed by atoms with Crippen molar-refractivity contribution in [1.29, 1.82) is 0 Å². The summed E-state index contributed by atoms with van der Waals surface area (Å²) in [4.78, 5) is 6.54. The average Bonchev–Trinajstić information content (AvgIpc) is 2.97. The first-order valence-electron chi connectivity index (χ1n) is 6.05. The number of rotatable bonds is 4. The fourth-order valence-electron chi connectivity index (χ4n) is 2.04. The van der Waals surface area contributed by atoms with Crippen LogP contribution in [0.15, 0.2) is 45.6 Å². The summed E-state index contributed by atoms with van der Waals surface area (Å²) in [5.41, 5.74) is 9.11. The Kier molecular flexibility index (Phi) is 2.97. The fraction of sp³-hybridized carbons (Fsp3) is 0.214. The summed E-state index contributed by atoms with van der Waals surface area (Å²) in [6.07, 6.45) is 3.41. The van der Waals surface area contributed by atoms with Crippen LogP contribution < -0.4 is 5.73 Å². The van der Waals surface area contributed by atoms with Crippen LogP contribution in [-0.2, 0) is 13.1 Å². The molecule has 0 atom stereocenters. The number of furan rings is 1. The van der Waals surface area contributed by atoms with Gasteiger partial charge in [0.15, 0.2) is 5.58 Å². The predicted molar refractivity (Wildman–Crippen MR) is 72.3 cm³/mol. The number of nitrogen functional groups attached to an aromatic ring is 1. The minimum Gasteiger partial charge on any atom is -0.472 e. The van der Waals surface area contributed by atoms with Gasteiger partial charge in [0.25, 0.3) is 0 Å². The molecule has 0 spiro atoms. The smallest absolute Gasteiger partial charge is 0.209 e. The van der Waals surface area contributed by atoms with Gasteiger partial charge in [0.2, 0.25) is 5.89 Å². The second-order valence-electron chi connectivity index (χ2n) is 4.64. The van der Waals surface area contributed by atoms with Gasteiger partial charge in [-0.3, -0.25) is 4.90 Å². The van der Waals surface area contributed by atoms with Crippen LogP contribution in [0.1, 0.15) is 11.5 Å². The Labute approximate surface area is 110 Å². The fourth-order valence-corrected chi connectivity index (χ4v) is 2.04. The lowest BCUT2D eigenvalue weighted by Gasteiger charge is -2.12. The summed E-state index contributed by atoms with van der Waals surface area (Å²) in [6, 6.07) is 7.42. The van der Waals surface area contributed by atoms with Gasteiger partial charge in [-0.05, 0) is 31.3 Å². The lowest BCUT2D eigenvalue weighted by Crippen LogP contribution is -2.16. The highest BCUT2D eigenvalue weighted by atomic mass is 16.3. The minimum absolute atomic E-state index is 0.639. The van der Waals surface area contributed by atoms with E-state index in [0.29, 0.717) is 18.1 Å². The number of nitrogens with two attached hydrogens (primary N) is 1. The third kappa shape index (κ3) is 2.61. The van der Waals surface area contributed by atoms with E-state index in [9.17, 15) is 0 Å². The molecular formula is C14H15N3O2. The number of oxazole rings is 1. The van der Waals surface area contributed by atoms with Crippen LogP contribution in [0.5, 0.6) is 0 Å². The van der Waals surface area contributed by atoms with Crippen molar-refractivity contribution in [3.05, 3.63) is 48.2 Å². The van der Waals surface area contributed by atoms with Crippen molar-refractivity contribution in [1.82, 2.24) is 9.88 Å². The zero-order chi connectivity index (χ0) is 13.2. The molecule has 0 bridgehead atoms. The monoisotopic (exact) mass is 257 g/mol. The molecule has 0 saturated heterocycles. The van der Waals surface area contributed by atoms with E-state index in [0.717, 1.165) is 23.2 Å². The standard InChI is InChI=1S/C14H15N3O2/c1-17(7-10-4-5-18-9-10)8-14-16-12-6-11(15)2-3-13(12)19-14/h2-6,9H,7-8,15H2,1H3. The highest BCUT2D eigenvalue weighted by Crippen LogP contribution is 2.19. The van der Waals surface area contributed by atoms with Crippen LogP contribution in [0.3, 0.4) is 0 Å². The van der Waals surface area contributed by atoms with Gasteiger partial charge in [-0.15, -0.1) is 0 Å².